The Morgan fingerprint density at radius 1 is 0.812 bits per heavy atom. The van der Waals surface area contributed by atoms with Crippen molar-refractivity contribution in [1.82, 2.24) is 36.4 Å². The van der Waals surface area contributed by atoms with Crippen LogP contribution in [0.25, 0.3) is 0 Å². The van der Waals surface area contributed by atoms with Gasteiger partial charge < -0.3 is 57.1 Å². The average molecular weight is 963 g/mol. The maximum atomic E-state index is 15.1. The molecule has 2 bridgehead atoms. The van der Waals surface area contributed by atoms with E-state index in [9.17, 15) is 48.6 Å². The van der Waals surface area contributed by atoms with Crippen LogP contribution in [0.5, 0.6) is 5.75 Å². The van der Waals surface area contributed by atoms with E-state index in [2.05, 4.69) is 26.6 Å². The number of fused-ring (bicyclic) bond motifs is 2. The van der Waals surface area contributed by atoms with Crippen LogP contribution < -0.4 is 32.3 Å². The first-order chi connectivity index (χ1) is 32.5. The maximum absolute atomic E-state index is 15.1. The molecule has 2 heterocycles. The third kappa shape index (κ3) is 15.2. The number of hydrogen-bond donors (Lipinski definition) is 8. The number of benzene rings is 2. The second-order valence-electron chi connectivity index (χ2n) is 18.8. The minimum atomic E-state index is -1.75. The van der Waals surface area contributed by atoms with E-state index < -0.39 is 120 Å². The van der Waals surface area contributed by atoms with Crippen molar-refractivity contribution in [2.75, 3.05) is 7.05 Å². The molecule has 2 aliphatic rings. The number of phenols is 1. The number of carbonyl (C=O) groups excluding carboxylic acids is 9. The number of rotatable bonds is 15. The van der Waals surface area contributed by atoms with Crippen molar-refractivity contribution < 1.29 is 58.1 Å². The highest BCUT2D eigenvalue weighted by Crippen LogP contribution is 2.26. The number of phenolic OH excluding ortho intramolecular Hbond substituents is 1. The van der Waals surface area contributed by atoms with E-state index >= 15 is 4.79 Å². The molecule has 2 fully saturated rings. The van der Waals surface area contributed by atoms with Crippen LogP contribution in [0.2, 0.25) is 0 Å². The van der Waals surface area contributed by atoms with Gasteiger partial charge in [0.25, 0.3) is 0 Å². The summed E-state index contributed by atoms with van der Waals surface area (Å²) in [7, 11) is 1.37. The van der Waals surface area contributed by atoms with Crippen LogP contribution in [0.3, 0.4) is 0 Å². The molecular formula is C49H70N8O12. The second kappa shape index (κ2) is 25.2. The van der Waals surface area contributed by atoms with Gasteiger partial charge in [-0.05, 0) is 67.7 Å². The summed E-state index contributed by atoms with van der Waals surface area (Å²) in [4.78, 5) is 129. The summed E-state index contributed by atoms with van der Waals surface area (Å²) in [6.07, 6.45) is -3.59. The molecule has 4 rings (SSSR count). The fourth-order valence-electron chi connectivity index (χ4n) is 8.22. The van der Waals surface area contributed by atoms with Crippen LogP contribution in [0.1, 0.15) is 98.1 Å². The van der Waals surface area contributed by atoms with Gasteiger partial charge in [0.05, 0.1) is 0 Å². The Morgan fingerprint density at radius 3 is 2.03 bits per heavy atom. The van der Waals surface area contributed by atoms with E-state index in [-0.39, 0.29) is 56.6 Å². The van der Waals surface area contributed by atoms with Gasteiger partial charge in [-0.25, -0.2) is 4.79 Å². The monoisotopic (exact) mass is 963 g/mol. The number of cyclic esters (lactones) is 1. The first-order valence-corrected chi connectivity index (χ1v) is 23.6. The van der Waals surface area contributed by atoms with Gasteiger partial charge >= 0.3 is 5.97 Å². The molecule has 2 aliphatic heterocycles. The molecule has 10 atom stereocenters. The minimum Gasteiger partial charge on any atom is -0.508 e. The fraction of sp³-hybridized carbons (Fsp3) is 0.571. The molecule has 69 heavy (non-hydrogen) atoms. The molecule has 0 aromatic heterocycles. The molecule has 378 valence electrons. The number of carbonyl (C=O) groups is 9. The van der Waals surface area contributed by atoms with Crippen molar-refractivity contribution in [2.24, 2.45) is 23.5 Å². The summed E-state index contributed by atoms with van der Waals surface area (Å²) in [5.41, 5.74) is 6.51. The lowest BCUT2D eigenvalue weighted by molar-refractivity contribution is -0.165. The normalized spacial score (nSPS) is 25.3. The number of ether oxygens (including phenoxy) is 1. The minimum absolute atomic E-state index is 0.0236. The lowest BCUT2D eigenvalue weighted by Crippen LogP contribution is -2.65. The van der Waals surface area contributed by atoms with Crippen molar-refractivity contribution in [2.45, 2.75) is 154 Å². The summed E-state index contributed by atoms with van der Waals surface area (Å²) < 4.78 is 5.93. The smallest absolute Gasteiger partial charge is 0.329 e. The number of aliphatic hydroxyl groups is 1. The molecule has 2 unspecified atom stereocenters. The number of esters is 1. The highest BCUT2D eigenvalue weighted by Gasteiger charge is 2.46. The van der Waals surface area contributed by atoms with Gasteiger partial charge in [0.15, 0.2) is 0 Å². The van der Waals surface area contributed by atoms with Gasteiger partial charge in [-0.15, -0.1) is 0 Å². The Balaban J connectivity index is 1.90. The number of primary amides is 1. The molecule has 0 aliphatic carbocycles. The Morgan fingerprint density at radius 2 is 1.43 bits per heavy atom. The van der Waals surface area contributed by atoms with Gasteiger partial charge in [-0.1, -0.05) is 90.4 Å². The van der Waals surface area contributed by atoms with Crippen LogP contribution in [0.4, 0.5) is 0 Å². The lowest BCUT2D eigenvalue weighted by Gasteiger charge is -2.43. The van der Waals surface area contributed by atoms with E-state index in [1.165, 1.54) is 26.1 Å². The average Bonchev–Trinajstić information content (AvgIpc) is 3.30. The van der Waals surface area contributed by atoms with E-state index in [0.29, 0.717) is 17.5 Å². The SMILES string of the molecule is CCC(C)[C@@H]1NC(=O)[C@H](Cc2ccc(O)cc2)N(C)C(=O)[C@H](Cc2ccccc2)N2C(=O)C(CC[C@@H]2O)NC(=O)[C@H](CC(C)C)NC(=O)[C@@H](NC(=O)[C@H](CCC(N)=O)NC(=O)C(C)C)[C@@H](C)OC1=O. The first-order valence-electron chi connectivity index (χ1n) is 23.6. The number of piperidine rings is 1. The highest BCUT2D eigenvalue weighted by atomic mass is 16.5. The quantitative estimate of drug-likeness (QED) is 0.115. The van der Waals surface area contributed by atoms with Crippen molar-refractivity contribution in [3.05, 3.63) is 65.7 Å². The highest BCUT2D eigenvalue weighted by molar-refractivity contribution is 5.98. The Labute approximate surface area is 403 Å². The van der Waals surface area contributed by atoms with Crippen molar-refractivity contribution >= 4 is 53.2 Å². The number of amides is 8. The predicted octanol–water partition coefficient (Wildman–Crippen LogP) is 0.697. The van der Waals surface area contributed by atoms with Gasteiger partial charge in [0, 0.05) is 32.2 Å². The maximum Gasteiger partial charge on any atom is 0.329 e. The van der Waals surface area contributed by atoms with E-state index in [4.69, 9.17) is 10.5 Å². The van der Waals surface area contributed by atoms with Crippen molar-refractivity contribution in [1.29, 1.82) is 0 Å². The number of aliphatic hydroxyl groups excluding tert-OH is 1. The molecule has 2 saturated heterocycles. The zero-order valence-electron chi connectivity index (χ0n) is 40.7. The standard InChI is InChI=1S/C49H70N8O12/c1-9-28(6)40-49(68)69-29(7)41(55-43(62)33(19-21-38(50)59)51-42(61)27(4)5)46(65)53-35(23-26(2)3)44(63)52-34-20-22-39(60)57(47(34)66)37(25-30-13-11-10-12-14-30)48(67)56(8)36(45(64)54-40)24-31-15-17-32(58)18-16-31/h10-18,26-29,33-37,39-41,58,60H,9,19-25H2,1-8H3,(H2,50,59)(H,51,61)(H,52,63)(H,53,65)(H,54,64)(H,55,62)/t28?,29-,33+,34?,35+,36+,37+,39+,40+,41+/m1/s1. The molecule has 0 radical (unpaired) electrons. The summed E-state index contributed by atoms with van der Waals surface area (Å²) in [6.45, 7) is 11.5. The Hall–Kier alpha value is -6.57. The van der Waals surface area contributed by atoms with Gasteiger partial charge in [-0.2, -0.15) is 0 Å². The number of nitrogens with zero attached hydrogens (tertiary/aromatic N) is 2. The largest absolute Gasteiger partial charge is 0.508 e. The van der Waals surface area contributed by atoms with Gasteiger partial charge in [-0.3, -0.25) is 38.4 Å². The summed E-state index contributed by atoms with van der Waals surface area (Å²) in [5, 5.41) is 34.9. The van der Waals surface area contributed by atoms with Crippen LogP contribution in [0, 0.1) is 17.8 Å². The van der Waals surface area contributed by atoms with Crippen LogP contribution >= 0.6 is 0 Å². The zero-order valence-corrected chi connectivity index (χ0v) is 40.7. The number of nitrogens with one attached hydrogen (secondary N) is 5. The van der Waals surface area contributed by atoms with Crippen LogP contribution in [0.15, 0.2) is 54.6 Å². The van der Waals surface area contributed by atoms with Gasteiger partial charge in [0.2, 0.25) is 47.3 Å². The lowest BCUT2D eigenvalue weighted by atomic mass is 9.94. The van der Waals surface area contributed by atoms with E-state index in [1.54, 1.807) is 84.0 Å². The molecule has 2 aromatic rings. The Bertz CT molecular complexity index is 2150. The topological polar surface area (TPSA) is 296 Å². The molecular weight excluding hydrogens is 893 g/mol. The summed E-state index contributed by atoms with van der Waals surface area (Å²) in [5.74, 6) is -8.88. The first kappa shape index (κ1) is 55.0. The van der Waals surface area contributed by atoms with Crippen LogP contribution in [-0.2, 0) is 60.7 Å². The summed E-state index contributed by atoms with van der Waals surface area (Å²) in [6, 6.07) is 4.70. The molecule has 2 aromatic carbocycles. The molecule has 0 saturated carbocycles. The molecule has 9 N–H and O–H groups in total. The van der Waals surface area contributed by atoms with Gasteiger partial charge in [0.1, 0.15) is 60.4 Å². The Kier molecular flexibility index (Phi) is 20.1. The van der Waals surface area contributed by atoms with Crippen molar-refractivity contribution in [3.8, 4) is 5.75 Å². The third-order valence-corrected chi connectivity index (χ3v) is 12.6. The fourth-order valence-corrected chi connectivity index (χ4v) is 8.22. The second-order valence-corrected chi connectivity index (χ2v) is 18.8. The van der Waals surface area contributed by atoms with E-state index in [1.807, 2.05) is 0 Å². The predicted molar refractivity (Wildman–Crippen MR) is 252 cm³/mol. The summed E-state index contributed by atoms with van der Waals surface area (Å²) >= 11 is 0. The van der Waals surface area contributed by atoms with Crippen molar-refractivity contribution in [3.63, 3.8) is 0 Å². The third-order valence-electron chi connectivity index (χ3n) is 12.6. The van der Waals surface area contributed by atoms with Crippen LogP contribution in [-0.4, -0.2) is 135 Å². The molecule has 20 heteroatoms. The van der Waals surface area contributed by atoms with E-state index in [0.717, 1.165) is 9.80 Å². The molecule has 8 amide bonds. The molecule has 20 nitrogen and oxygen atoms in total. The number of nitrogens with two attached hydrogens (primary N) is 1. The zero-order chi connectivity index (χ0) is 51.3. The number of hydrogen-bond acceptors (Lipinski definition) is 12. The number of likely N-dealkylation sites (N-methyl/N-ethyl adjacent to an activating group) is 1. The number of aromatic hydroxyl groups is 1. The molecule has 0 spiro atoms.